The molecule has 1 heterocycles. The molecule has 0 radical (unpaired) electrons. The molecular formula is C16H24F2N2O. The van der Waals surface area contributed by atoms with E-state index in [1.54, 1.807) is 0 Å². The van der Waals surface area contributed by atoms with Gasteiger partial charge < -0.3 is 5.11 Å². The monoisotopic (exact) mass is 298 g/mol. The molecule has 3 nitrogen and oxygen atoms in total. The lowest BCUT2D eigenvalue weighted by atomic mass is 10.0. The van der Waals surface area contributed by atoms with Crippen LogP contribution in [-0.2, 0) is 0 Å². The fourth-order valence-corrected chi connectivity index (χ4v) is 3.08. The highest BCUT2D eigenvalue weighted by Gasteiger charge is 2.27. The van der Waals surface area contributed by atoms with Crippen molar-refractivity contribution in [3.63, 3.8) is 0 Å². The maximum Gasteiger partial charge on any atom is 0.130 e. The summed E-state index contributed by atoms with van der Waals surface area (Å²) in [5.74, 6) is -0.960. The Hall–Kier alpha value is -1.04. The summed E-state index contributed by atoms with van der Waals surface area (Å²) >= 11 is 0. The Balaban J connectivity index is 2.02. The van der Waals surface area contributed by atoms with E-state index in [1.807, 2.05) is 6.92 Å². The molecule has 1 fully saturated rings. The van der Waals surface area contributed by atoms with Gasteiger partial charge in [-0.15, -0.1) is 0 Å². The number of piperazine rings is 1. The lowest BCUT2D eigenvalue weighted by Crippen LogP contribution is -2.51. The molecule has 1 aliphatic rings. The van der Waals surface area contributed by atoms with Crippen molar-refractivity contribution >= 4 is 0 Å². The first kappa shape index (κ1) is 16.3. The van der Waals surface area contributed by atoms with Gasteiger partial charge in [0.1, 0.15) is 11.6 Å². The fraction of sp³-hybridized carbons (Fsp3) is 0.625. The lowest BCUT2D eigenvalue weighted by Gasteiger charge is -2.41. The van der Waals surface area contributed by atoms with Gasteiger partial charge in [0.15, 0.2) is 0 Å². The lowest BCUT2D eigenvalue weighted by molar-refractivity contribution is 0.0473. The molecule has 0 bridgehead atoms. The largest absolute Gasteiger partial charge is 0.395 e. The predicted molar refractivity (Wildman–Crippen MR) is 79.1 cm³/mol. The topological polar surface area (TPSA) is 26.7 Å². The third-order valence-electron chi connectivity index (χ3n) is 4.51. The van der Waals surface area contributed by atoms with Crippen molar-refractivity contribution in [1.82, 2.24) is 9.80 Å². The molecule has 5 heteroatoms. The number of rotatable bonds is 5. The first-order valence-corrected chi connectivity index (χ1v) is 7.61. The van der Waals surface area contributed by atoms with E-state index >= 15 is 0 Å². The third-order valence-corrected chi connectivity index (χ3v) is 4.51. The van der Waals surface area contributed by atoms with E-state index in [2.05, 4.69) is 16.7 Å². The van der Waals surface area contributed by atoms with Crippen LogP contribution in [0.15, 0.2) is 18.2 Å². The molecule has 0 spiro atoms. The SMILES string of the molecule is CCC(CO)N1CCN(C(C)c2c(F)cccc2F)CC1. The van der Waals surface area contributed by atoms with Crippen LogP contribution in [0.5, 0.6) is 0 Å². The molecule has 0 aromatic heterocycles. The van der Waals surface area contributed by atoms with E-state index < -0.39 is 11.6 Å². The molecule has 2 atom stereocenters. The molecule has 1 aliphatic heterocycles. The van der Waals surface area contributed by atoms with Crippen LogP contribution in [0.2, 0.25) is 0 Å². The highest BCUT2D eigenvalue weighted by Crippen LogP contribution is 2.26. The highest BCUT2D eigenvalue weighted by atomic mass is 19.1. The fourth-order valence-electron chi connectivity index (χ4n) is 3.08. The van der Waals surface area contributed by atoms with Gasteiger partial charge in [-0.1, -0.05) is 13.0 Å². The van der Waals surface area contributed by atoms with E-state index in [-0.39, 0.29) is 24.3 Å². The summed E-state index contributed by atoms with van der Waals surface area (Å²) in [5, 5.41) is 9.35. The van der Waals surface area contributed by atoms with Gasteiger partial charge >= 0.3 is 0 Å². The third kappa shape index (κ3) is 3.59. The van der Waals surface area contributed by atoms with Crippen LogP contribution in [0.1, 0.15) is 31.9 Å². The zero-order valence-electron chi connectivity index (χ0n) is 12.7. The van der Waals surface area contributed by atoms with Crippen molar-refractivity contribution in [2.24, 2.45) is 0 Å². The van der Waals surface area contributed by atoms with Crippen LogP contribution >= 0.6 is 0 Å². The van der Waals surface area contributed by atoms with Gasteiger partial charge in [0.25, 0.3) is 0 Å². The second-order valence-electron chi connectivity index (χ2n) is 5.63. The Kier molecular flexibility index (Phi) is 5.67. The molecule has 1 N–H and O–H groups in total. The molecule has 1 aromatic carbocycles. The van der Waals surface area contributed by atoms with Crippen molar-refractivity contribution in [3.05, 3.63) is 35.4 Å². The van der Waals surface area contributed by atoms with Gasteiger partial charge in [-0.2, -0.15) is 0 Å². The second-order valence-corrected chi connectivity index (χ2v) is 5.63. The Morgan fingerprint density at radius 2 is 1.62 bits per heavy atom. The number of aliphatic hydroxyl groups excluding tert-OH is 1. The predicted octanol–water partition coefficient (Wildman–Crippen LogP) is 2.41. The summed E-state index contributed by atoms with van der Waals surface area (Å²) < 4.78 is 27.7. The van der Waals surface area contributed by atoms with Crippen molar-refractivity contribution in [2.75, 3.05) is 32.8 Å². The average Bonchev–Trinajstić information content (AvgIpc) is 2.49. The average molecular weight is 298 g/mol. The van der Waals surface area contributed by atoms with Gasteiger partial charge in [-0.25, -0.2) is 8.78 Å². The van der Waals surface area contributed by atoms with Crippen LogP contribution < -0.4 is 0 Å². The van der Waals surface area contributed by atoms with E-state index in [9.17, 15) is 13.9 Å². The van der Waals surface area contributed by atoms with Crippen LogP contribution in [0.25, 0.3) is 0 Å². The number of hydrogen-bond acceptors (Lipinski definition) is 3. The number of nitrogens with zero attached hydrogens (tertiary/aromatic N) is 2. The molecule has 0 saturated carbocycles. The van der Waals surface area contributed by atoms with Gasteiger partial charge in [0, 0.05) is 43.8 Å². The Morgan fingerprint density at radius 1 is 1.10 bits per heavy atom. The van der Waals surface area contributed by atoms with Crippen molar-refractivity contribution in [2.45, 2.75) is 32.4 Å². The van der Waals surface area contributed by atoms with Crippen molar-refractivity contribution in [3.8, 4) is 0 Å². The Bertz CT molecular complexity index is 437. The normalized spacial score (nSPS) is 20.4. The highest BCUT2D eigenvalue weighted by molar-refractivity contribution is 5.23. The van der Waals surface area contributed by atoms with Crippen LogP contribution in [0.3, 0.4) is 0 Å². The van der Waals surface area contributed by atoms with Gasteiger partial charge in [0.05, 0.1) is 6.61 Å². The number of halogens is 2. The van der Waals surface area contributed by atoms with Gasteiger partial charge in [-0.05, 0) is 25.5 Å². The first-order chi connectivity index (χ1) is 10.1. The summed E-state index contributed by atoms with van der Waals surface area (Å²) in [6, 6.07) is 3.93. The zero-order chi connectivity index (χ0) is 15.4. The molecule has 2 rings (SSSR count). The van der Waals surface area contributed by atoms with Gasteiger partial charge in [0.2, 0.25) is 0 Å². The number of aliphatic hydroxyl groups is 1. The molecule has 1 saturated heterocycles. The second kappa shape index (κ2) is 7.29. The minimum atomic E-state index is -0.480. The van der Waals surface area contributed by atoms with Crippen LogP contribution in [-0.4, -0.2) is 53.7 Å². The standard InChI is InChI=1S/C16H24F2N2O/c1-3-13(11-21)20-9-7-19(8-10-20)12(2)16-14(17)5-4-6-15(16)18/h4-6,12-13,21H,3,7-11H2,1-2H3. The molecule has 21 heavy (non-hydrogen) atoms. The quantitative estimate of drug-likeness (QED) is 0.904. The van der Waals surface area contributed by atoms with Crippen molar-refractivity contribution < 1.29 is 13.9 Å². The summed E-state index contributed by atoms with van der Waals surface area (Å²) in [6.07, 6.45) is 0.911. The maximum absolute atomic E-state index is 13.9. The maximum atomic E-state index is 13.9. The smallest absolute Gasteiger partial charge is 0.130 e. The molecule has 2 unspecified atom stereocenters. The van der Waals surface area contributed by atoms with Crippen LogP contribution in [0, 0.1) is 11.6 Å². The zero-order valence-corrected chi connectivity index (χ0v) is 12.7. The molecule has 1 aromatic rings. The minimum Gasteiger partial charge on any atom is -0.395 e. The van der Waals surface area contributed by atoms with E-state index in [0.29, 0.717) is 0 Å². The van der Waals surface area contributed by atoms with E-state index in [0.717, 1.165) is 32.6 Å². The van der Waals surface area contributed by atoms with E-state index in [4.69, 9.17) is 0 Å². The molecule has 118 valence electrons. The van der Waals surface area contributed by atoms with Gasteiger partial charge in [-0.3, -0.25) is 9.80 Å². The molecular weight excluding hydrogens is 274 g/mol. The minimum absolute atomic E-state index is 0.153. The first-order valence-electron chi connectivity index (χ1n) is 7.61. The van der Waals surface area contributed by atoms with E-state index in [1.165, 1.54) is 18.2 Å². The van der Waals surface area contributed by atoms with Crippen LogP contribution in [0.4, 0.5) is 8.78 Å². The Labute approximate surface area is 125 Å². The summed E-state index contributed by atoms with van der Waals surface area (Å²) in [7, 11) is 0. The number of benzene rings is 1. The molecule has 0 amide bonds. The number of hydrogen-bond donors (Lipinski definition) is 1. The summed E-state index contributed by atoms with van der Waals surface area (Å²) in [4.78, 5) is 4.35. The molecule has 0 aliphatic carbocycles. The summed E-state index contributed by atoms with van der Waals surface area (Å²) in [5.41, 5.74) is 0.153. The summed E-state index contributed by atoms with van der Waals surface area (Å²) in [6.45, 7) is 7.22. The van der Waals surface area contributed by atoms with Crippen molar-refractivity contribution in [1.29, 1.82) is 0 Å². The Morgan fingerprint density at radius 3 is 2.10 bits per heavy atom.